The topological polar surface area (TPSA) is 9.23 Å². The first kappa shape index (κ1) is 15.6. The summed E-state index contributed by atoms with van der Waals surface area (Å²) in [7, 11) is 1.73. The fourth-order valence-electron chi connectivity index (χ4n) is 2.05. The van der Waals surface area contributed by atoms with Gasteiger partial charge in [0.05, 0.1) is 7.11 Å². The zero-order valence-electron chi connectivity index (χ0n) is 12.4. The minimum Gasteiger partial charge on any atom is -0.496 e. The summed E-state index contributed by atoms with van der Waals surface area (Å²) in [5.74, 6) is 0.988. The van der Waals surface area contributed by atoms with Gasteiger partial charge in [-0.25, -0.2) is 0 Å². The summed E-state index contributed by atoms with van der Waals surface area (Å²) in [6, 6.07) is 4.40. The van der Waals surface area contributed by atoms with Gasteiger partial charge in [0.1, 0.15) is 5.75 Å². The Bertz CT molecular complexity index is 404. The lowest BCUT2D eigenvalue weighted by atomic mass is 9.88. The number of benzene rings is 1. The Hall–Kier alpha value is -0.500. The molecule has 2 heteroatoms. The summed E-state index contributed by atoms with van der Waals surface area (Å²) in [4.78, 5) is 0.548. The maximum atomic E-state index is 5.35. The molecule has 0 aliphatic heterocycles. The smallest absolute Gasteiger partial charge is 0.122 e. The van der Waals surface area contributed by atoms with Crippen LogP contribution in [0.1, 0.15) is 43.9 Å². The Labute approximate surface area is 120 Å². The Morgan fingerprint density at radius 2 is 1.78 bits per heavy atom. The molecule has 1 aromatic carbocycles. The number of methoxy groups -OCH3 is 1. The van der Waals surface area contributed by atoms with E-state index in [4.69, 9.17) is 4.74 Å². The van der Waals surface area contributed by atoms with Crippen molar-refractivity contribution in [3.63, 3.8) is 0 Å². The summed E-state index contributed by atoms with van der Waals surface area (Å²) in [6.07, 6.45) is 2.28. The molecule has 0 saturated heterocycles. The van der Waals surface area contributed by atoms with Crippen molar-refractivity contribution in [1.29, 1.82) is 0 Å². The van der Waals surface area contributed by atoms with Crippen LogP contribution in [0.25, 0.3) is 0 Å². The molecule has 0 bridgehead atoms. The summed E-state index contributed by atoms with van der Waals surface area (Å²) in [5, 5.41) is 0. The van der Waals surface area contributed by atoms with Crippen molar-refractivity contribution in [2.45, 2.75) is 52.3 Å². The van der Waals surface area contributed by atoms with Crippen LogP contribution >= 0.6 is 15.9 Å². The molecule has 0 radical (unpaired) electrons. The number of halogens is 1. The predicted molar refractivity (Wildman–Crippen MR) is 83.0 cm³/mol. The molecule has 0 heterocycles. The lowest BCUT2D eigenvalue weighted by molar-refractivity contribution is 0.385. The third-order valence-electron chi connectivity index (χ3n) is 3.46. The van der Waals surface area contributed by atoms with E-state index < -0.39 is 0 Å². The van der Waals surface area contributed by atoms with E-state index in [1.165, 1.54) is 16.7 Å². The lowest BCUT2D eigenvalue weighted by Gasteiger charge is -2.25. The molecule has 1 atom stereocenters. The summed E-state index contributed by atoms with van der Waals surface area (Å²) in [6.45, 7) is 11.1. The van der Waals surface area contributed by atoms with Crippen LogP contribution in [0.15, 0.2) is 12.1 Å². The molecule has 0 aliphatic rings. The van der Waals surface area contributed by atoms with E-state index >= 15 is 0 Å². The van der Waals surface area contributed by atoms with E-state index in [0.29, 0.717) is 10.2 Å². The first-order chi connectivity index (χ1) is 8.25. The van der Waals surface area contributed by atoms with Gasteiger partial charge in [-0.1, -0.05) is 42.8 Å². The van der Waals surface area contributed by atoms with Crippen molar-refractivity contribution in [2.24, 2.45) is 5.41 Å². The lowest BCUT2D eigenvalue weighted by Crippen LogP contribution is -2.20. The van der Waals surface area contributed by atoms with Gasteiger partial charge >= 0.3 is 0 Å². The molecule has 102 valence electrons. The molecule has 1 unspecified atom stereocenters. The SMILES string of the molecule is COc1cc(C)c(CCC(Br)C(C)(C)C)cc1C. The highest BCUT2D eigenvalue weighted by atomic mass is 79.9. The molecule has 0 aliphatic carbocycles. The second-order valence-corrected chi connectivity index (χ2v) is 7.23. The van der Waals surface area contributed by atoms with Crippen LogP contribution in [0.4, 0.5) is 0 Å². The Balaban J connectivity index is 2.77. The Morgan fingerprint density at radius 3 is 2.28 bits per heavy atom. The molecule has 0 saturated carbocycles. The van der Waals surface area contributed by atoms with Gasteiger partial charge in [-0.05, 0) is 54.9 Å². The maximum absolute atomic E-state index is 5.35. The zero-order chi connectivity index (χ0) is 13.9. The van der Waals surface area contributed by atoms with E-state index in [2.05, 4.69) is 62.7 Å². The van der Waals surface area contributed by atoms with E-state index in [-0.39, 0.29) is 0 Å². The first-order valence-electron chi connectivity index (χ1n) is 6.54. The number of hydrogen-bond donors (Lipinski definition) is 0. The quantitative estimate of drug-likeness (QED) is 0.706. The van der Waals surface area contributed by atoms with E-state index in [9.17, 15) is 0 Å². The molecule has 1 rings (SSSR count). The standard InChI is InChI=1S/C16H25BrO/c1-11-10-14(18-6)12(2)9-13(11)7-8-15(17)16(3,4)5/h9-10,15H,7-8H2,1-6H3. The van der Waals surface area contributed by atoms with Crippen LogP contribution < -0.4 is 4.74 Å². The second kappa shape index (κ2) is 6.10. The summed E-state index contributed by atoms with van der Waals surface area (Å²) >= 11 is 3.80. The molecule has 0 amide bonds. The van der Waals surface area contributed by atoms with E-state index in [0.717, 1.165) is 18.6 Å². The average molecular weight is 313 g/mol. The molecule has 0 N–H and O–H groups in total. The van der Waals surface area contributed by atoms with E-state index in [1.807, 2.05) is 0 Å². The van der Waals surface area contributed by atoms with Gasteiger partial charge < -0.3 is 4.74 Å². The largest absolute Gasteiger partial charge is 0.496 e. The number of hydrogen-bond acceptors (Lipinski definition) is 1. The highest BCUT2D eigenvalue weighted by Crippen LogP contribution is 2.31. The molecule has 0 aromatic heterocycles. The average Bonchev–Trinajstić information content (AvgIpc) is 2.27. The third kappa shape index (κ3) is 4.01. The Kier molecular flexibility index (Phi) is 5.27. The van der Waals surface area contributed by atoms with Gasteiger partial charge in [0.2, 0.25) is 0 Å². The molecular weight excluding hydrogens is 288 g/mol. The van der Waals surface area contributed by atoms with Crippen LogP contribution in [0.3, 0.4) is 0 Å². The van der Waals surface area contributed by atoms with Crippen molar-refractivity contribution in [3.05, 3.63) is 28.8 Å². The van der Waals surface area contributed by atoms with Gasteiger partial charge in [0.15, 0.2) is 0 Å². The molecular formula is C16H25BrO. The zero-order valence-corrected chi connectivity index (χ0v) is 14.0. The number of aryl methyl sites for hydroxylation is 3. The van der Waals surface area contributed by atoms with Crippen LogP contribution in [0, 0.1) is 19.3 Å². The number of ether oxygens (including phenoxy) is 1. The minimum absolute atomic E-state index is 0.315. The van der Waals surface area contributed by atoms with Crippen LogP contribution in [0.5, 0.6) is 5.75 Å². The highest BCUT2D eigenvalue weighted by Gasteiger charge is 2.21. The van der Waals surface area contributed by atoms with Gasteiger partial charge in [0, 0.05) is 4.83 Å². The molecule has 18 heavy (non-hydrogen) atoms. The monoisotopic (exact) mass is 312 g/mol. The normalized spacial score (nSPS) is 13.5. The molecule has 1 aromatic rings. The van der Waals surface area contributed by atoms with Gasteiger partial charge in [-0.15, -0.1) is 0 Å². The number of rotatable bonds is 4. The maximum Gasteiger partial charge on any atom is 0.122 e. The fraction of sp³-hybridized carbons (Fsp3) is 0.625. The van der Waals surface area contributed by atoms with Gasteiger partial charge in [0.25, 0.3) is 0 Å². The summed E-state index contributed by atoms with van der Waals surface area (Å²) < 4.78 is 5.35. The molecule has 0 spiro atoms. The van der Waals surface area contributed by atoms with Gasteiger partial charge in [-0.2, -0.15) is 0 Å². The van der Waals surface area contributed by atoms with Crippen LogP contribution in [-0.2, 0) is 6.42 Å². The second-order valence-electron chi connectivity index (χ2n) is 6.12. The molecule has 0 fully saturated rings. The molecule has 1 nitrogen and oxygen atoms in total. The fourth-order valence-corrected chi connectivity index (χ4v) is 2.28. The predicted octanol–water partition coefficient (Wildman–Crippen LogP) is 5.05. The van der Waals surface area contributed by atoms with Crippen molar-refractivity contribution in [3.8, 4) is 5.75 Å². The van der Waals surface area contributed by atoms with Crippen LogP contribution in [0.2, 0.25) is 0 Å². The Morgan fingerprint density at radius 1 is 1.17 bits per heavy atom. The highest BCUT2D eigenvalue weighted by molar-refractivity contribution is 9.09. The first-order valence-corrected chi connectivity index (χ1v) is 7.45. The van der Waals surface area contributed by atoms with Crippen molar-refractivity contribution in [1.82, 2.24) is 0 Å². The van der Waals surface area contributed by atoms with Crippen LogP contribution in [-0.4, -0.2) is 11.9 Å². The van der Waals surface area contributed by atoms with E-state index in [1.54, 1.807) is 7.11 Å². The number of alkyl halides is 1. The summed E-state index contributed by atoms with van der Waals surface area (Å²) in [5.41, 5.74) is 4.29. The van der Waals surface area contributed by atoms with Gasteiger partial charge in [-0.3, -0.25) is 0 Å². The van der Waals surface area contributed by atoms with Crippen molar-refractivity contribution >= 4 is 15.9 Å². The third-order valence-corrected chi connectivity index (χ3v) is 5.29. The van der Waals surface area contributed by atoms with Crippen molar-refractivity contribution < 1.29 is 4.74 Å². The van der Waals surface area contributed by atoms with Crippen molar-refractivity contribution in [2.75, 3.05) is 7.11 Å². The minimum atomic E-state index is 0.315.